The zero-order valence-corrected chi connectivity index (χ0v) is 9.91. The Morgan fingerprint density at radius 2 is 1.75 bits per heavy atom. The fourth-order valence-corrected chi connectivity index (χ4v) is 1.81. The van der Waals surface area contributed by atoms with Gasteiger partial charge in [0.15, 0.2) is 0 Å². The number of hydrogen-bond acceptors (Lipinski definition) is 2. The van der Waals surface area contributed by atoms with Crippen molar-refractivity contribution in [1.82, 2.24) is 4.98 Å². The molecule has 16 heavy (non-hydrogen) atoms. The first-order valence-electron chi connectivity index (χ1n) is 5.37. The van der Waals surface area contributed by atoms with Gasteiger partial charge in [0.05, 0.1) is 11.4 Å². The molecule has 0 atom stereocenters. The Hall–Kier alpha value is -1.83. The molecular formula is C14H16N2. The number of rotatable bonds is 1. The quantitative estimate of drug-likeness (QED) is 0.788. The van der Waals surface area contributed by atoms with Gasteiger partial charge in [-0.25, -0.2) is 0 Å². The maximum atomic E-state index is 6.01. The molecule has 0 spiro atoms. The summed E-state index contributed by atoms with van der Waals surface area (Å²) in [5.41, 5.74) is 12.3. The van der Waals surface area contributed by atoms with Crippen LogP contribution in [0, 0.1) is 20.8 Å². The summed E-state index contributed by atoms with van der Waals surface area (Å²) >= 11 is 0. The molecule has 2 rings (SSSR count). The van der Waals surface area contributed by atoms with Crippen molar-refractivity contribution < 1.29 is 0 Å². The fraction of sp³-hybridized carbons (Fsp3) is 0.214. The number of aromatic nitrogens is 1. The van der Waals surface area contributed by atoms with Crippen LogP contribution in [-0.2, 0) is 0 Å². The molecule has 2 heteroatoms. The molecule has 2 N–H and O–H groups in total. The number of anilines is 1. The second-order valence-electron chi connectivity index (χ2n) is 4.27. The molecule has 2 aromatic rings. The van der Waals surface area contributed by atoms with Gasteiger partial charge in [0.2, 0.25) is 0 Å². The van der Waals surface area contributed by atoms with Crippen LogP contribution in [0.25, 0.3) is 11.3 Å². The molecule has 0 saturated carbocycles. The average molecular weight is 212 g/mol. The van der Waals surface area contributed by atoms with Crippen LogP contribution < -0.4 is 5.73 Å². The van der Waals surface area contributed by atoms with Gasteiger partial charge in [-0.3, -0.25) is 4.98 Å². The topological polar surface area (TPSA) is 38.9 Å². The van der Waals surface area contributed by atoms with Gasteiger partial charge in [0, 0.05) is 11.8 Å². The molecular weight excluding hydrogens is 196 g/mol. The molecule has 1 aromatic heterocycles. The lowest BCUT2D eigenvalue weighted by Gasteiger charge is -2.09. The van der Waals surface area contributed by atoms with Gasteiger partial charge in [-0.1, -0.05) is 17.7 Å². The number of benzene rings is 1. The van der Waals surface area contributed by atoms with Gasteiger partial charge >= 0.3 is 0 Å². The molecule has 2 nitrogen and oxygen atoms in total. The maximum absolute atomic E-state index is 6.01. The van der Waals surface area contributed by atoms with Crippen molar-refractivity contribution in [2.75, 3.05) is 5.73 Å². The van der Waals surface area contributed by atoms with Gasteiger partial charge < -0.3 is 5.73 Å². The number of pyridine rings is 1. The summed E-state index contributed by atoms with van der Waals surface area (Å²) < 4.78 is 0. The van der Waals surface area contributed by atoms with Crippen LogP contribution in [0.2, 0.25) is 0 Å². The summed E-state index contributed by atoms with van der Waals surface area (Å²) in [6.07, 6.45) is 1.85. The molecule has 0 aliphatic heterocycles. The average Bonchev–Trinajstić information content (AvgIpc) is 2.22. The number of aryl methyl sites for hydroxylation is 3. The Labute approximate surface area is 96.1 Å². The van der Waals surface area contributed by atoms with Crippen LogP contribution >= 0.6 is 0 Å². The van der Waals surface area contributed by atoms with E-state index in [1.54, 1.807) is 0 Å². The highest BCUT2D eigenvalue weighted by Gasteiger charge is 2.07. The first kappa shape index (κ1) is 10.7. The zero-order valence-electron chi connectivity index (χ0n) is 9.91. The monoisotopic (exact) mass is 212 g/mol. The minimum atomic E-state index is 0.744. The van der Waals surface area contributed by atoms with Crippen molar-refractivity contribution in [3.05, 3.63) is 47.2 Å². The Morgan fingerprint density at radius 1 is 1.00 bits per heavy atom. The minimum absolute atomic E-state index is 0.744. The number of nitrogens with two attached hydrogens (primary N) is 1. The lowest BCUT2D eigenvalue weighted by atomic mass is 10.0. The van der Waals surface area contributed by atoms with Crippen molar-refractivity contribution in [3.8, 4) is 11.3 Å². The van der Waals surface area contributed by atoms with Gasteiger partial charge in [-0.05, 0) is 44.0 Å². The normalized spacial score (nSPS) is 10.4. The third-order valence-corrected chi connectivity index (χ3v) is 2.70. The predicted octanol–water partition coefficient (Wildman–Crippen LogP) is 3.26. The molecule has 1 aromatic carbocycles. The highest BCUT2D eigenvalue weighted by Crippen LogP contribution is 2.27. The Morgan fingerprint density at radius 3 is 2.44 bits per heavy atom. The van der Waals surface area contributed by atoms with Crippen LogP contribution in [0.4, 0.5) is 5.69 Å². The Kier molecular flexibility index (Phi) is 2.65. The summed E-state index contributed by atoms with van der Waals surface area (Å²) in [7, 11) is 0. The fourth-order valence-electron chi connectivity index (χ4n) is 1.81. The lowest BCUT2D eigenvalue weighted by Crippen LogP contribution is -1.96. The number of nitrogen functional groups attached to an aromatic ring is 1. The van der Waals surface area contributed by atoms with Crippen molar-refractivity contribution in [2.24, 2.45) is 0 Å². The second-order valence-corrected chi connectivity index (χ2v) is 4.27. The predicted molar refractivity (Wildman–Crippen MR) is 68.3 cm³/mol. The van der Waals surface area contributed by atoms with E-state index < -0.39 is 0 Å². The van der Waals surface area contributed by atoms with E-state index in [0.717, 1.165) is 22.5 Å². The van der Waals surface area contributed by atoms with E-state index in [2.05, 4.69) is 37.0 Å². The summed E-state index contributed by atoms with van der Waals surface area (Å²) in [5, 5.41) is 0. The Bertz CT molecular complexity index is 530. The van der Waals surface area contributed by atoms with E-state index in [1.807, 2.05) is 19.2 Å². The highest BCUT2D eigenvalue weighted by molar-refractivity contribution is 5.75. The van der Waals surface area contributed by atoms with E-state index >= 15 is 0 Å². The van der Waals surface area contributed by atoms with Crippen LogP contribution in [0.3, 0.4) is 0 Å². The van der Waals surface area contributed by atoms with Crippen molar-refractivity contribution in [2.45, 2.75) is 20.8 Å². The molecule has 0 saturated heterocycles. The lowest BCUT2D eigenvalue weighted by molar-refractivity contribution is 1.26. The van der Waals surface area contributed by atoms with Gasteiger partial charge in [-0.2, -0.15) is 0 Å². The maximum Gasteiger partial charge on any atom is 0.0934 e. The van der Waals surface area contributed by atoms with Gasteiger partial charge in [0.1, 0.15) is 0 Å². The molecule has 0 amide bonds. The third kappa shape index (κ3) is 1.91. The zero-order chi connectivity index (χ0) is 11.7. The SMILES string of the molecule is Cc1cnc(-c2cc(C)ccc2C)c(N)c1. The minimum Gasteiger partial charge on any atom is -0.397 e. The van der Waals surface area contributed by atoms with E-state index in [0.29, 0.717) is 0 Å². The van der Waals surface area contributed by atoms with E-state index in [9.17, 15) is 0 Å². The van der Waals surface area contributed by atoms with Crippen LogP contribution in [-0.4, -0.2) is 4.98 Å². The van der Waals surface area contributed by atoms with Crippen molar-refractivity contribution >= 4 is 5.69 Å². The summed E-state index contributed by atoms with van der Waals surface area (Å²) in [5.74, 6) is 0. The third-order valence-electron chi connectivity index (χ3n) is 2.70. The van der Waals surface area contributed by atoms with Crippen LogP contribution in [0.15, 0.2) is 30.5 Å². The van der Waals surface area contributed by atoms with Gasteiger partial charge in [0.25, 0.3) is 0 Å². The molecule has 0 radical (unpaired) electrons. The van der Waals surface area contributed by atoms with Crippen molar-refractivity contribution in [3.63, 3.8) is 0 Å². The molecule has 0 unspecified atom stereocenters. The first-order valence-corrected chi connectivity index (χ1v) is 5.37. The Balaban J connectivity index is 2.62. The standard InChI is InChI=1S/C14H16N2/c1-9-4-5-11(3)12(6-9)14-13(15)7-10(2)8-16-14/h4-8H,15H2,1-3H3. The van der Waals surface area contributed by atoms with Crippen LogP contribution in [0.5, 0.6) is 0 Å². The largest absolute Gasteiger partial charge is 0.397 e. The second kappa shape index (κ2) is 3.97. The first-order chi connectivity index (χ1) is 7.58. The number of hydrogen-bond donors (Lipinski definition) is 1. The molecule has 1 heterocycles. The smallest absolute Gasteiger partial charge is 0.0934 e. The van der Waals surface area contributed by atoms with E-state index in [-0.39, 0.29) is 0 Å². The summed E-state index contributed by atoms with van der Waals surface area (Å²) in [6, 6.07) is 8.29. The van der Waals surface area contributed by atoms with Gasteiger partial charge in [-0.15, -0.1) is 0 Å². The van der Waals surface area contributed by atoms with Crippen LogP contribution in [0.1, 0.15) is 16.7 Å². The molecule has 0 fully saturated rings. The van der Waals surface area contributed by atoms with E-state index in [4.69, 9.17) is 5.73 Å². The number of nitrogens with zero attached hydrogens (tertiary/aromatic N) is 1. The highest BCUT2D eigenvalue weighted by atomic mass is 14.7. The van der Waals surface area contributed by atoms with E-state index in [1.165, 1.54) is 11.1 Å². The molecule has 0 aliphatic rings. The summed E-state index contributed by atoms with van der Waals surface area (Å²) in [4.78, 5) is 4.42. The summed E-state index contributed by atoms with van der Waals surface area (Å²) in [6.45, 7) is 6.15. The molecule has 0 aliphatic carbocycles. The van der Waals surface area contributed by atoms with Crippen molar-refractivity contribution in [1.29, 1.82) is 0 Å². The molecule has 82 valence electrons. The molecule has 0 bridgehead atoms.